The lowest BCUT2D eigenvalue weighted by Crippen LogP contribution is -2.31. The molecule has 0 unspecified atom stereocenters. The van der Waals surface area contributed by atoms with Crippen molar-refractivity contribution in [2.75, 3.05) is 20.1 Å². The van der Waals surface area contributed by atoms with Gasteiger partial charge in [0.15, 0.2) is 0 Å². The van der Waals surface area contributed by atoms with Crippen LogP contribution in [0.25, 0.3) is 0 Å². The van der Waals surface area contributed by atoms with Crippen LogP contribution in [0.3, 0.4) is 0 Å². The van der Waals surface area contributed by atoms with Crippen molar-refractivity contribution in [1.82, 2.24) is 10.6 Å². The van der Waals surface area contributed by atoms with Gasteiger partial charge in [-0.1, -0.05) is 140 Å². The quantitative estimate of drug-likeness (QED) is 0.0534. The highest BCUT2D eigenvalue weighted by Crippen LogP contribution is 2.17. The van der Waals surface area contributed by atoms with Gasteiger partial charge < -0.3 is 15.4 Å². The van der Waals surface area contributed by atoms with Gasteiger partial charge in [-0.15, -0.1) is 0 Å². The first-order valence-corrected chi connectivity index (χ1v) is 19.9. The van der Waals surface area contributed by atoms with Crippen LogP contribution in [0.4, 0.5) is 4.79 Å². The van der Waals surface area contributed by atoms with Gasteiger partial charge in [0.25, 0.3) is 0 Å². The Kier molecular flexibility index (Phi) is 37.8. The SMILES string of the molecule is CCCCCC=CCC=CCCCCCCCCC(CCCCCCCCC=CCC=CCCCCC)OC(=O)NCCCNC. The van der Waals surface area contributed by atoms with E-state index in [1.165, 1.54) is 128 Å². The van der Waals surface area contributed by atoms with Crippen LogP contribution in [0.1, 0.15) is 187 Å². The first-order valence-electron chi connectivity index (χ1n) is 19.9. The van der Waals surface area contributed by atoms with Crippen LogP contribution in [0, 0.1) is 0 Å². The molecule has 0 aromatic heterocycles. The van der Waals surface area contributed by atoms with E-state index >= 15 is 0 Å². The number of alkyl carbamates (subject to hydrolysis) is 1. The van der Waals surface area contributed by atoms with Gasteiger partial charge in [0.1, 0.15) is 6.10 Å². The molecule has 0 aliphatic rings. The van der Waals surface area contributed by atoms with Gasteiger partial charge in [0.2, 0.25) is 0 Å². The summed E-state index contributed by atoms with van der Waals surface area (Å²) in [5.41, 5.74) is 0. The monoisotopic (exact) mass is 643 g/mol. The maximum absolute atomic E-state index is 12.4. The molecule has 0 radical (unpaired) electrons. The van der Waals surface area contributed by atoms with E-state index < -0.39 is 0 Å². The van der Waals surface area contributed by atoms with Crippen LogP contribution in [-0.4, -0.2) is 32.3 Å². The molecule has 0 aromatic carbocycles. The Balaban J connectivity index is 4.00. The lowest BCUT2D eigenvalue weighted by molar-refractivity contribution is 0.0841. The van der Waals surface area contributed by atoms with E-state index in [0.29, 0.717) is 6.54 Å². The Bertz CT molecular complexity index is 679. The highest BCUT2D eigenvalue weighted by molar-refractivity contribution is 5.67. The summed E-state index contributed by atoms with van der Waals surface area (Å²) in [4.78, 5) is 12.4. The van der Waals surface area contributed by atoms with Crippen LogP contribution in [0.15, 0.2) is 48.6 Å². The highest BCUT2D eigenvalue weighted by Gasteiger charge is 2.14. The molecule has 4 heteroatoms. The number of hydrogen-bond donors (Lipinski definition) is 2. The Morgan fingerprint density at radius 3 is 1.30 bits per heavy atom. The minimum Gasteiger partial charge on any atom is -0.446 e. The minimum absolute atomic E-state index is 0.0564. The number of unbranched alkanes of at least 4 members (excludes halogenated alkanes) is 18. The second-order valence-corrected chi connectivity index (χ2v) is 13.2. The Labute approximate surface area is 287 Å². The van der Waals surface area contributed by atoms with Crippen LogP contribution in [-0.2, 0) is 4.74 Å². The first kappa shape index (κ1) is 44.2. The number of amides is 1. The minimum atomic E-state index is -0.235. The zero-order chi connectivity index (χ0) is 33.4. The van der Waals surface area contributed by atoms with E-state index in [2.05, 4.69) is 73.1 Å². The predicted octanol–water partition coefficient (Wildman–Crippen LogP) is 13.1. The van der Waals surface area contributed by atoms with E-state index in [0.717, 1.165) is 51.5 Å². The third-order valence-electron chi connectivity index (χ3n) is 8.60. The molecule has 4 nitrogen and oxygen atoms in total. The number of hydrogen-bond acceptors (Lipinski definition) is 3. The van der Waals surface area contributed by atoms with Crippen LogP contribution < -0.4 is 10.6 Å². The average Bonchev–Trinajstić information content (AvgIpc) is 3.06. The Morgan fingerprint density at radius 2 is 0.891 bits per heavy atom. The molecule has 0 rings (SSSR count). The summed E-state index contributed by atoms with van der Waals surface area (Å²) in [5.74, 6) is 0. The zero-order valence-electron chi connectivity index (χ0n) is 31.0. The van der Waals surface area contributed by atoms with E-state index in [-0.39, 0.29) is 12.2 Å². The van der Waals surface area contributed by atoms with Crippen molar-refractivity contribution in [3.8, 4) is 0 Å². The zero-order valence-corrected chi connectivity index (χ0v) is 31.0. The summed E-state index contributed by atoms with van der Waals surface area (Å²) >= 11 is 0. The number of carbonyl (C=O) groups is 1. The number of ether oxygens (including phenoxy) is 1. The second kappa shape index (κ2) is 39.4. The summed E-state index contributed by atoms with van der Waals surface area (Å²) in [7, 11) is 1.94. The fourth-order valence-electron chi connectivity index (χ4n) is 5.63. The van der Waals surface area contributed by atoms with Crippen LogP contribution >= 0.6 is 0 Å². The summed E-state index contributed by atoms with van der Waals surface area (Å²) < 4.78 is 5.88. The van der Waals surface area contributed by atoms with Gasteiger partial charge in [0, 0.05) is 6.54 Å². The van der Waals surface area contributed by atoms with E-state index in [1.54, 1.807) is 0 Å². The molecular formula is C42H78N2O2. The fraction of sp³-hybridized carbons (Fsp3) is 0.786. The fourth-order valence-corrected chi connectivity index (χ4v) is 5.63. The molecule has 46 heavy (non-hydrogen) atoms. The molecule has 0 aliphatic carbocycles. The molecule has 0 aromatic rings. The molecule has 0 atom stereocenters. The average molecular weight is 643 g/mol. The molecular weight excluding hydrogens is 564 g/mol. The van der Waals surface area contributed by atoms with Gasteiger partial charge in [-0.05, 0) is 110 Å². The normalized spacial score (nSPS) is 12.8. The Morgan fingerprint density at radius 1 is 0.500 bits per heavy atom. The molecule has 268 valence electrons. The standard InChI is InChI=1S/C42H78N2O2/c1-4-6-8-10-12-14-16-18-20-22-24-26-28-30-32-34-37-41(46-42(45)44-40-36-39-43-3)38-35-33-31-29-27-25-23-21-19-17-15-13-11-9-7-5-2/h12-15,18-21,41,43H,4-11,16-17,22-40H2,1-3H3,(H,44,45). The molecule has 1 amide bonds. The van der Waals surface area contributed by atoms with Crippen molar-refractivity contribution < 1.29 is 9.53 Å². The van der Waals surface area contributed by atoms with Crippen molar-refractivity contribution in [2.24, 2.45) is 0 Å². The van der Waals surface area contributed by atoms with Crippen molar-refractivity contribution in [1.29, 1.82) is 0 Å². The van der Waals surface area contributed by atoms with Gasteiger partial charge in [-0.2, -0.15) is 0 Å². The topological polar surface area (TPSA) is 50.4 Å². The molecule has 0 saturated heterocycles. The lowest BCUT2D eigenvalue weighted by atomic mass is 10.0. The highest BCUT2D eigenvalue weighted by atomic mass is 16.6. The predicted molar refractivity (Wildman–Crippen MR) is 205 cm³/mol. The molecule has 0 fully saturated rings. The maximum atomic E-state index is 12.4. The van der Waals surface area contributed by atoms with Gasteiger partial charge in [0.05, 0.1) is 0 Å². The van der Waals surface area contributed by atoms with Crippen LogP contribution in [0.5, 0.6) is 0 Å². The third kappa shape index (κ3) is 36.7. The molecule has 0 bridgehead atoms. The summed E-state index contributed by atoms with van der Waals surface area (Å²) in [6.45, 7) is 6.09. The number of carbonyl (C=O) groups excluding carboxylic acids is 1. The Hall–Kier alpha value is -1.81. The molecule has 0 aliphatic heterocycles. The molecule has 2 N–H and O–H groups in total. The van der Waals surface area contributed by atoms with Crippen molar-refractivity contribution in [2.45, 2.75) is 193 Å². The van der Waals surface area contributed by atoms with Gasteiger partial charge >= 0.3 is 6.09 Å². The van der Waals surface area contributed by atoms with Crippen molar-refractivity contribution in [3.63, 3.8) is 0 Å². The molecule has 0 heterocycles. The summed E-state index contributed by atoms with van der Waals surface area (Å²) in [6.07, 6.45) is 51.6. The number of allylic oxidation sites excluding steroid dienone is 8. The van der Waals surface area contributed by atoms with Crippen molar-refractivity contribution in [3.05, 3.63) is 48.6 Å². The van der Waals surface area contributed by atoms with E-state index in [4.69, 9.17) is 4.74 Å². The van der Waals surface area contributed by atoms with E-state index in [9.17, 15) is 4.79 Å². The second-order valence-electron chi connectivity index (χ2n) is 13.2. The first-order chi connectivity index (χ1) is 22.7. The molecule has 0 saturated carbocycles. The maximum Gasteiger partial charge on any atom is 0.407 e. The summed E-state index contributed by atoms with van der Waals surface area (Å²) in [5, 5.41) is 6.07. The largest absolute Gasteiger partial charge is 0.446 e. The van der Waals surface area contributed by atoms with Gasteiger partial charge in [-0.25, -0.2) is 4.79 Å². The van der Waals surface area contributed by atoms with E-state index in [1.807, 2.05) is 7.05 Å². The van der Waals surface area contributed by atoms with Crippen LogP contribution in [0.2, 0.25) is 0 Å². The third-order valence-corrected chi connectivity index (χ3v) is 8.60. The molecule has 0 spiro atoms. The smallest absolute Gasteiger partial charge is 0.407 e. The van der Waals surface area contributed by atoms with Gasteiger partial charge in [-0.3, -0.25) is 0 Å². The van der Waals surface area contributed by atoms with Crippen molar-refractivity contribution >= 4 is 6.09 Å². The number of rotatable bonds is 35. The number of nitrogens with one attached hydrogen (secondary N) is 2. The lowest BCUT2D eigenvalue weighted by Gasteiger charge is -2.18. The summed E-state index contributed by atoms with van der Waals surface area (Å²) in [6, 6.07) is 0.